The van der Waals surface area contributed by atoms with Gasteiger partial charge in [-0.15, -0.1) is 0 Å². The lowest BCUT2D eigenvalue weighted by Gasteiger charge is -2.10. The predicted molar refractivity (Wildman–Crippen MR) is 65.1 cm³/mol. The Morgan fingerprint density at radius 2 is 2.06 bits per heavy atom. The Hall–Kier alpha value is -1.35. The van der Waals surface area contributed by atoms with Crippen LogP contribution in [0.1, 0.15) is 19.4 Å². The summed E-state index contributed by atoms with van der Waals surface area (Å²) in [4.78, 5) is 8.16. The van der Waals surface area contributed by atoms with E-state index >= 15 is 0 Å². The van der Waals surface area contributed by atoms with E-state index in [2.05, 4.69) is 16.9 Å². The minimum Gasteiger partial charge on any atom is -0.494 e. The van der Waals surface area contributed by atoms with Crippen LogP contribution >= 0.6 is 11.6 Å². The van der Waals surface area contributed by atoms with Crippen LogP contribution in [-0.4, -0.2) is 16.6 Å². The Morgan fingerprint density at radius 1 is 1.25 bits per heavy atom. The summed E-state index contributed by atoms with van der Waals surface area (Å²) in [6.07, 6.45) is 2.39. The van der Waals surface area contributed by atoms with Gasteiger partial charge in [0.2, 0.25) is 0 Å². The molecule has 1 aromatic heterocycles. The molecule has 0 saturated heterocycles. The molecule has 2 rings (SSSR count). The van der Waals surface area contributed by atoms with Gasteiger partial charge in [-0.2, -0.15) is 0 Å². The second kappa shape index (κ2) is 4.66. The van der Waals surface area contributed by atoms with E-state index in [0.29, 0.717) is 11.8 Å². The fraction of sp³-hybridized carbons (Fsp3) is 0.333. The van der Waals surface area contributed by atoms with Gasteiger partial charge < -0.3 is 4.74 Å². The number of aryl methyl sites for hydroxylation is 1. The molecule has 0 aliphatic heterocycles. The zero-order valence-electron chi connectivity index (χ0n) is 9.33. The van der Waals surface area contributed by atoms with E-state index in [1.54, 1.807) is 0 Å². The number of rotatable bonds is 3. The highest BCUT2D eigenvalue weighted by Gasteiger charge is 2.08. The Bertz CT molecular complexity index is 514. The molecule has 3 nitrogen and oxygen atoms in total. The van der Waals surface area contributed by atoms with E-state index in [1.807, 2.05) is 19.1 Å². The van der Waals surface area contributed by atoms with Gasteiger partial charge in [0, 0.05) is 5.39 Å². The van der Waals surface area contributed by atoms with Crippen LogP contribution in [0.4, 0.5) is 0 Å². The molecule has 1 aromatic carbocycles. The summed E-state index contributed by atoms with van der Waals surface area (Å²) in [5.41, 5.74) is 2.00. The fourth-order valence-corrected chi connectivity index (χ4v) is 1.86. The quantitative estimate of drug-likeness (QED) is 0.768. The smallest absolute Gasteiger partial charge is 0.140 e. The van der Waals surface area contributed by atoms with Crippen molar-refractivity contribution in [3.8, 4) is 5.75 Å². The van der Waals surface area contributed by atoms with E-state index in [9.17, 15) is 0 Å². The topological polar surface area (TPSA) is 35.0 Å². The molecule has 1 heterocycles. The van der Waals surface area contributed by atoms with Crippen LogP contribution in [0.25, 0.3) is 10.9 Å². The highest BCUT2D eigenvalue weighted by molar-refractivity contribution is 6.34. The molecule has 0 unspecified atom stereocenters. The van der Waals surface area contributed by atoms with Gasteiger partial charge in [-0.3, -0.25) is 0 Å². The molecule has 0 aliphatic rings. The van der Waals surface area contributed by atoms with Gasteiger partial charge in [0.05, 0.1) is 12.1 Å². The lowest BCUT2D eigenvalue weighted by atomic mass is 10.1. The molecular weight excluding hydrogens is 224 g/mol. The van der Waals surface area contributed by atoms with E-state index in [0.717, 1.165) is 28.6 Å². The monoisotopic (exact) mass is 236 g/mol. The summed E-state index contributed by atoms with van der Waals surface area (Å²) in [6, 6.07) is 3.92. The maximum Gasteiger partial charge on any atom is 0.140 e. The average Bonchev–Trinajstić information content (AvgIpc) is 2.30. The number of hydrogen-bond donors (Lipinski definition) is 0. The van der Waals surface area contributed by atoms with Gasteiger partial charge in [-0.1, -0.05) is 18.5 Å². The van der Waals surface area contributed by atoms with Crippen LogP contribution in [0.3, 0.4) is 0 Å². The third kappa shape index (κ3) is 1.95. The number of halogens is 1. The predicted octanol–water partition coefficient (Wildman–Crippen LogP) is 3.24. The third-order valence-corrected chi connectivity index (χ3v) is 2.75. The highest BCUT2D eigenvalue weighted by atomic mass is 35.5. The first-order valence-electron chi connectivity index (χ1n) is 5.32. The van der Waals surface area contributed by atoms with E-state index in [4.69, 9.17) is 16.3 Å². The molecule has 0 fully saturated rings. The largest absolute Gasteiger partial charge is 0.494 e. The Balaban J connectivity index is 2.65. The van der Waals surface area contributed by atoms with Crippen LogP contribution in [0, 0.1) is 0 Å². The second-order valence-electron chi connectivity index (χ2n) is 3.43. The zero-order valence-corrected chi connectivity index (χ0v) is 10.1. The molecule has 0 spiro atoms. The molecule has 0 N–H and O–H groups in total. The van der Waals surface area contributed by atoms with Crippen molar-refractivity contribution < 1.29 is 4.74 Å². The maximum atomic E-state index is 6.02. The molecule has 16 heavy (non-hydrogen) atoms. The molecule has 84 valence electrons. The van der Waals surface area contributed by atoms with Crippen molar-refractivity contribution >= 4 is 22.5 Å². The Kier molecular flexibility index (Phi) is 3.25. The first-order valence-corrected chi connectivity index (χ1v) is 5.70. The minimum atomic E-state index is 0.466. The van der Waals surface area contributed by atoms with E-state index in [1.165, 1.54) is 6.33 Å². The third-order valence-electron chi connectivity index (χ3n) is 2.45. The molecular formula is C12H13ClN2O. The zero-order chi connectivity index (χ0) is 11.5. The molecule has 0 amide bonds. The summed E-state index contributed by atoms with van der Waals surface area (Å²) in [6.45, 7) is 4.70. The van der Waals surface area contributed by atoms with Gasteiger partial charge in [0.25, 0.3) is 0 Å². The van der Waals surface area contributed by atoms with Gasteiger partial charge >= 0.3 is 0 Å². The van der Waals surface area contributed by atoms with Crippen molar-refractivity contribution in [1.82, 2.24) is 9.97 Å². The summed E-state index contributed by atoms with van der Waals surface area (Å²) < 4.78 is 5.58. The number of benzene rings is 1. The van der Waals surface area contributed by atoms with Crippen LogP contribution in [0.2, 0.25) is 5.15 Å². The Morgan fingerprint density at radius 3 is 2.75 bits per heavy atom. The second-order valence-corrected chi connectivity index (χ2v) is 3.79. The summed E-state index contributed by atoms with van der Waals surface area (Å²) in [7, 11) is 0. The lowest BCUT2D eigenvalue weighted by molar-refractivity contribution is 0.337. The van der Waals surface area contributed by atoms with Gasteiger partial charge in [-0.05, 0) is 31.0 Å². The van der Waals surface area contributed by atoms with E-state index in [-0.39, 0.29) is 0 Å². The van der Waals surface area contributed by atoms with Crippen molar-refractivity contribution in [1.29, 1.82) is 0 Å². The van der Waals surface area contributed by atoms with Crippen molar-refractivity contribution in [2.45, 2.75) is 20.3 Å². The normalized spacial score (nSPS) is 10.7. The van der Waals surface area contributed by atoms with Crippen LogP contribution in [0.15, 0.2) is 18.5 Å². The fourth-order valence-electron chi connectivity index (χ4n) is 1.66. The first-order chi connectivity index (χ1) is 7.76. The lowest BCUT2D eigenvalue weighted by Crippen LogP contribution is -1.97. The maximum absolute atomic E-state index is 6.02. The number of hydrogen-bond acceptors (Lipinski definition) is 3. The van der Waals surface area contributed by atoms with E-state index < -0.39 is 0 Å². The summed E-state index contributed by atoms with van der Waals surface area (Å²) >= 11 is 6.02. The molecule has 0 radical (unpaired) electrons. The van der Waals surface area contributed by atoms with Crippen molar-refractivity contribution in [2.75, 3.05) is 6.61 Å². The van der Waals surface area contributed by atoms with Crippen LogP contribution in [0.5, 0.6) is 5.75 Å². The minimum absolute atomic E-state index is 0.466. The SMILES string of the molecule is CCOc1cc2c(Cl)ncnc2cc1CC. The highest BCUT2D eigenvalue weighted by Crippen LogP contribution is 2.28. The van der Waals surface area contributed by atoms with Gasteiger partial charge in [0.15, 0.2) is 0 Å². The number of ether oxygens (including phenoxy) is 1. The molecule has 0 atom stereocenters. The summed E-state index contributed by atoms with van der Waals surface area (Å²) in [5.74, 6) is 0.870. The first kappa shape index (κ1) is 11.1. The number of nitrogens with zero attached hydrogens (tertiary/aromatic N) is 2. The van der Waals surface area contributed by atoms with Crippen molar-refractivity contribution in [2.24, 2.45) is 0 Å². The van der Waals surface area contributed by atoms with Crippen molar-refractivity contribution in [3.63, 3.8) is 0 Å². The number of aromatic nitrogens is 2. The van der Waals surface area contributed by atoms with Crippen LogP contribution in [-0.2, 0) is 6.42 Å². The average molecular weight is 237 g/mol. The number of fused-ring (bicyclic) bond motifs is 1. The summed E-state index contributed by atoms with van der Waals surface area (Å²) in [5, 5.41) is 1.30. The standard InChI is InChI=1S/C12H13ClN2O/c1-3-8-5-10-9(6-11(8)16-4-2)12(13)15-7-14-10/h5-7H,3-4H2,1-2H3. The van der Waals surface area contributed by atoms with Gasteiger partial charge in [-0.25, -0.2) is 9.97 Å². The van der Waals surface area contributed by atoms with Gasteiger partial charge in [0.1, 0.15) is 17.2 Å². The molecule has 4 heteroatoms. The van der Waals surface area contributed by atoms with Crippen molar-refractivity contribution in [3.05, 3.63) is 29.2 Å². The molecule has 0 aliphatic carbocycles. The van der Waals surface area contributed by atoms with Crippen LogP contribution < -0.4 is 4.74 Å². The molecule has 0 bridgehead atoms. The molecule has 0 saturated carbocycles. The Labute approximate surface area is 99.4 Å². The molecule has 2 aromatic rings.